The maximum Gasteiger partial charge on any atom is 0.397 e. The Morgan fingerprint density at radius 3 is 2.31 bits per heavy atom. The summed E-state index contributed by atoms with van der Waals surface area (Å²) >= 11 is 0. The molecule has 0 aromatic rings. The van der Waals surface area contributed by atoms with E-state index in [1.165, 1.54) is 0 Å². The predicted octanol–water partition coefficient (Wildman–Crippen LogP) is -4.52. The van der Waals surface area contributed by atoms with Crippen molar-refractivity contribution in [3.63, 3.8) is 0 Å². The molecule has 0 amide bonds. The van der Waals surface area contributed by atoms with Crippen LogP contribution in [0, 0.1) is 0 Å². The SMILES string of the molecule is O=S(=O)(O)O[C@@H]1[C@H](O[C@H]2O[C@@H]3CO[C@@H]([C@H]3O)[C@H]2O)[C@@H](O)[C@H](O)O[C@@H]1CO. The van der Waals surface area contributed by atoms with E-state index >= 15 is 0 Å². The van der Waals surface area contributed by atoms with Crippen molar-refractivity contribution >= 4 is 10.4 Å². The second-order valence-electron chi connectivity index (χ2n) is 6.15. The molecule has 0 spiro atoms. The van der Waals surface area contributed by atoms with E-state index in [-0.39, 0.29) is 6.61 Å². The first-order chi connectivity index (χ1) is 12.1. The summed E-state index contributed by atoms with van der Waals surface area (Å²) < 4.78 is 56.2. The maximum atomic E-state index is 11.1. The van der Waals surface area contributed by atoms with Gasteiger partial charge >= 0.3 is 10.4 Å². The lowest BCUT2D eigenvalue weighted by Crippen LogP contribution is -2.63. The van der Waals surface area contributed by atoms with Crippen LogP contribution in [0.4, 0.5) is 0 Å². The van der Waals surface area contributed by atoms with Crippen molar-refractivity contribution in [2.24, 2.45) is 0 Å². The molecule has 14 heteroatoms. The Bertz CT molecular complexity index is 598. The van der Waals surface area contributed by atoms with Gasteiger partial charge in [-0.25, -0.2) is 4.18 Å². The Balaban J connectivity index is 1.81. The van der Waals surface area contributed by atoms with E-state index in [9.17, 15) is 34.0 Å². The van der Waals surface area contributed by atoms with Crippen molar-refractivity contribution in [1.82, 2.24) is 0 Å². The first-order valence-corrected chi connectivity index (χ1v) is 9.05. The van der Waals surface area contributed by atoms with Gasteiger partial charge in [-0.1, -0.05) is 0 Å². The average Bonchev–Trinajstić information content (AvgIpc) is 2.82. The highest BCUT2D eigenvalue weighted by molar-refractivity contribution is 7.80. The average molecular weight is 404 g/mol. The van der Waals surface area contributed by atoms with Crippen molar-refractivity contribution in [1.29, 1.82) is 0 Å². The van der Waals surface area contributed by atoms with Crippen LogP contribution in [0.5, 0.6) is 0 Å². The lowest BCUT2D eigenvalue weighted by molar-refractivity contribution is -0.338. The molecule has 10 atom stereocenters. The van der Waals surface area contributed by atoms with E-state index < -0.39 is 78.4 Å². The number of fused-ring (bicyclic) bond motifs is 2. The molecule has 0 saturated carbocycles. The second-order valence-corrected chi connectivity index (χ2v) is 7.20. The standard InChI is InChI=1S/C12H20O13S/c13-1-3-8(25-26(18,19)20)10(6(15)11(17)22-3)24-12-7(16)9-5(14)4(23-12)2-21-9/h3-17H,1-2H2,(H,18,19,20)/t3-,4-,5+,6-,7-,8+,9+,10-,11-,12-/m1/s1. The van der Waals surface area contributed by atoms with Crippen molar-refractivity contribution in [3.05, 3.63) is 0 Å². The Morgan fingerprint density at radius 1 is 1.00 bits per heavy atom. The fourth-order valence-electron chi connectivity index (χ4n) is 3.18. The van der Waals surface area contributed by atoms with E-state index in [4.69, 9.17) is 23.5 Å². The van der Waals surface area contributed by atoms with E-state index in [2.05, 4.69) is 4.18 Å². The number of aliphatic hydroxyl groups excluding tert-OH is 5. The van der Waals surface area contributed by atoms with Crippen LogP contribution >= 0.6 is 0 Å². The van der Waals surface area contributed by atoms with Crippen molar-refractivity contribution < 1.29 is 61.6 Å². The predicted molar refractivity (Wildman–Crippen MR) is 75.7 cm³/mol. The molecule has 26 heavy (non-hydrogen) atoms. The third-order valence-electron chi connectivity index (χ3n) is 4.43. The van der Waals surface area contributed by atoms with Gasteiger partial charge in [-0.05, 0) is 0 Å². The summed E-state index contributed by atoms with van der Waals surface area (Å²) in [5.74, 6) is 0. The van der Waals surface area contributed by atoms with Gasteiger partial charge in [0.05, 0.1) is 13.2 Å². The Kier molecular flexibility index (Phi) is 5.84. The quantitative estimate of drug-likeness (QED) is 0.239. The topological polar surface area (TPSA) is 202 Å². The van der Waals surface area contributed by atoms with Crippen LogP contribution in [0.25, 0.3) is 0 Å². The highest BCUT2D eigenvalue weighted by Gasteiger charge is 2.54. The highest BCUT2D eigenvalue weighted by atomic mass is 32.3. The monoisotopic (exact) mass is 404 g/mol. The summed E-state index contributed by atoms with van der Waals surface area (Å²) in [7, 11) is -5.04. The van der Waals surface area contributed by atoms with Gasteiger partial charge in [-0.2, -0.15) is 8.42 Å². The minimum Gasteiger partial charge on any atom is -0.394 e. The zero-order valence-corrected chi connectivity index (χ0v) is 14.0. The van der Waals surface area contributed by atoms with Gasteiger partial charge < -0.3 is 44.5 Å². The third kappa shape index (κ3) is 3.87. The summed E-state index contributed by atoms with van der Waals surface area (Å²) in [6.45, 7) is -0.864. The Labute approximate surface area is 147 Å². The smallest absolute Gasteiger partial charge is 0.394 e. The van der Waals surface area contributed by atoms with Gasteiger partial charge in [0.25, 0.3) is 0 Å². The molecule has 3 saturated heterocycles. The number of hydrogen-bond donors (Lipinski definition) is 6. The summed E-state index contributed by atoms with van der Waals surface area (Å²) in [5.41, 5.74) is 0. The largest absolute Gasteiger partial charge is 0.397 e. The summed E-state index contributed by atoms with van der Waals surface area (Å²) in [5, 5.41) is 49.1. The molecule has 0 aromatic heterocycles. The zero-order valence-electron chi connectivity index (χ0n) is 13.1. The molecule has 0 unspecified atom stereocenters. The molecule has 2 bridgehead atoms. The van der Waals surface area contributed by atoms with Crippen molar-refractivity contribution in [2.45, 2.75) is 61.4 Å². The molecule has 152 valence electrons. The van der Waals surface area contributed by atoms with Gasteiger partial charge in [-0.3, -0.25) is 4.55 Å². The van der Waals surface area contributed by atoms with Gasteiger partial charge in [0.15, 0.2) is 12.6 Å². The Hall–Kier alpha value is -0.490. The number of ether oxygens (including phenoxy) is 4. The molecule has 3 fully saturated rings. The summed E-state index contributed by atoms with van der Waals surface area (Å²) in [4.78, 5) is 0. The molecule has 0 aromatic carbocycles. The minimum absolute atomic E-state index is 0.0219. The third-order valence-corrected chi connectivity index (χ3v) is 4.90. The maximum absolute atomic E-state index is 11.1. The molecule has 3 aliphatic rings. The molecular formula is C12H20O13S. The molecule has 0 aliphatic carbocycles. The molecule has 6 N–H and O–H groups in total. The molecular weight excluding hydrogens is 384 g/mol. The molecule has 13 nitrogen and oxygen atoms in total. The molecule has 3 heterocycles. The van der Waals surface area contributed by atoms with Crippen LogP contribution in [0.15, 0.2) is 0 Å². The first kappa shape index (κ1) is 20.2. The van der Waals surface area contributed by atoms with E-state index in [1.807, 2.05) is 0 Å². The fourth-order valence-corrected chi connectivity index (χ4v) is 3.69. The zero-order chi connectivity index (χ0) is 19.2. The van der Waals surface area contributed by atoms with Crippen molar-refractivity contribution in [3.8, 4) is 0 Å². The first-order valence-electron chi connectivity index (χ1n) is 7.69. The minimum atomic E-state index is -5.04. The molecule has 0 radical (unpaired) electrons. The van der Waals surface area contributed by atoms with Gasteiger partial charge in [0, 0.05) is 0 Å². The second kappa shape index (κ2) is 7.50. The normalized spacial score (nSPS) is 49.3. The van der Waals surface area contributed by atoms with E-state index in [1.54, 1.807) is 0 Å². The van der Waals surface area contributed by atoms with Crippen molar-refractivity contribution in [2.75, 3.05) is 13.2 Å². The van der Waals surface area contributed by atoms with E-state index in [0.717, 1.165) is 0 Å². The number of aliphatic hydroxyl groups is 5. The summed E-state index contributed by atoms with van der Waals surface area (Å²) in [6.07, 6.45) is -14.6. The Morgan fingerprint density at radius 2 is 1.69 bits per heavy atom. The van der Waals surface area contributed by atoms with Gasteiger partial charge in [0.2, 0.25) is 0 Å². The molecule has 3 aliphatic heterocycles. The van der Waals surface area contributed by atoms with Crippen LogP contribution < -0.4 is 0 Å². The van der Waals surface area contributed by atoms with Gasteiger partial charge in [0.1, 0.15) is 48.8 Å². The lowest BCUT2D eigenvalue weighted by Gasteiger charge is -2.44. The fraction of sp³-hybridized carbons (Fsp3) is 1.00. The van der Waals surface area contributed by atoms with Crippen LogP contribution in [0.3, 0.4) is 0 Å². The van der Waals surface area contributed by atoms with E-state index in [0.29, 0.717) is 0 Å². The number of rotatable bonds is 5. The highest BCUT2D eigenvalue weighted by Crippen LogP contribution is 2.33. The molecule has 3 rings (SSSR count). The number of hydrogen-bond acceptors (Lipinski definition) is 12. The van der Waals surface area contributed by atoms with Crippen LogP contribution in [0.2, 0.25) is 0 Å². The van der Waals surface area contributed by atoms with Crippen LogP contribution in [0.1, 0.15) is 0 Å². The lowest BCUT2D eigenvalue weighted by atomic mass is 9.98. The summed E-state index contributed by atoms with van der Waals surface area (Å²) in [6, 6.07) is 0. The van der Waals surface area contributed by atoms with Crippen LogP contribution in [-0.2, 0) is 33.5 Å². The van der Waals surface area contributed by atoms with Crippen LogP contribution in [-0.4, -0.2) is 113 Å². The van der Waals surface area contributed by atoms with Gasteiger partial charge in [-0.15, -0.1) is 0 Å².